The predicted molar refractivity (Wildman–Crippen MR) is 138 cm³/mol. The minimum atomic E-state index is -0.284. The van der Waals surface area contributed by atoms with E-state index in [0.717, 1.165) is 45.7 Å². The van der Waals surface area contributed by atoms with Crippen LogP contribution in [0.2, 0.25) is 0 Å². The molecule has 0 aliphatic heterocycles. The highest BCUT2D eigenvalue weighted by Crippen LogP contribution is 2.35. The Morgan fingerprint density at radius 3 is 2.51 bits per heavy atom. The summed E-state index contributed by atoms with van der Waals surface area (Å²) in [4.78, 5) is 9.19. The van der Waals surface area contributed by atoms with Crippen molar-refractivity contribution in [3.05, 3.63) is 113 Å². The van der Waals surface area contributed by atoms with Crippen LogP contribution in [0.15, 0.2) is 89.6 Å². The van der Waals surface area contributed by atoms with Gasteiger partial charge in [0.05, 0.1) is 30.9 Å². The summed E-state index contributed by atoms with van der Waals surface area (Å²) in [5.74, 6) is 0.951. The van der Waals surface area contributed by atoms with Gasteiger partial charge in [-0.3, -0.25) is 4.98 Å². The van der Waals surface area contributed by atoms with Crippen molar-refractivity contribution in [3.63, 3.8) is 0 Å². The topological polar surface area (TPSA) is 86.0 Å². The maximum Gasteiger partial charge on any atom is 0.316 e. The molecule has 0 amide bonds. The van der Waals surface area contributed by atoms with Crippen molar-refractivity contribution in [1.82, 2.24) is 20.2 Å². The number of allylic oxidation sites excluding steroid dienone is 1. The number of aromatic nitrogens is 4. The summed E-state index contributed by atoms with van der Waals surface area (Å²) in [6.07, 6.45) is 6.37. The summed E-state index contributed by atoms with van der Waals surface area (Å²) in [5, 5.41) is 11.5. The van der Waals surface area contributed by atoms with Gasteiger partial charge in [0, 0.05) is 23.2 Å². The molecule has 5 aromatic rings. The van der Waals surface area contributed by atoms with Crippen LogP contribution in [0.25, 0.3) is 28.3 Å². The Morgan fingerprint density at radius 2 is 1.70 bits per heavy atom. The number of methoxy groups -OCH3 is 1. The van der Waals surface area contributed by atoms with E-state index in [0.29, 0.717) is 24.1 Å². The molecule has 8 heteroatoms. The Bertz CT molecular complexity index is 1590. The molecule has 0 saturated carbocycles. The SMILES string of the molecule is COc1ccc(CNc2nnc(-c3ccc4c(c3)C(c3cncc(-c5ccc(F)cc5)n3)=CC4)o2)cc1. The Kier molecular flexibility index (Phi) is 5.90. The van der Waals surface area contributed by atoms with Crippen LogP contribution in [0.5, 0.6) is 5.75 Å². The third kappa shape index (κ3) is 4.69. The first-order valence-electron chi connectivity index (χ1n) is 11.8. The van der Waals surface area contributed by atoms with Crippen molar-refractivity contribution in [2.24, 2.45) is 0 Å². The van der Waals surface area contributed by atoms with Crippen LogP contribution in [-0.4, -0.2) is 27.3 Å². The third-order valence-corrected chi connectivity index (χ3v) is 6.25. The van der Waals surface area contributed by atoms with Crippen molar-refractivity contribution in [1.29, 1.82) is 0 Å². The van der Waals surface area contributed by atoms with Gasteiger partial charge in [-0.25, -0.2) is 9.37 Å². The molecular weight excluding hydrogens is 469 g/mol. The molecule has 37 heavy (non-hydrogen) atoms. The fourth-order valence-electron chi connectivity index (χ4n) is 4.29. The van der Waals surface area contributed by atoms with Crippen molar-refractivity contribution in [3.8, 4) is 28.5 Å². The fraction of sp³-hybridized carbons (Fsp3) is 0.103. The molecular formula is C29H22FN5O2. The van der Waals surface area contributed by atoms with E-state index in [1.807, 2.05) is 36.4 Å². The minimum Gasteiger partial charge on any atom is -0.497 e. The molecule has 7 nitrogen and oxygen atoms in total. The normalized spacial score (nSPS) is 12.2. The molecule has 182 valence electrons. The number of fused-ring (bicyclic) bond motifs is 1. The van der Waals surface area contributed by atoms with E-state index in [1.165, 1.54) is 17.7 Å². The maximum absolute atomic E-state index is 13.3. The second kappa shape index (κ2) is 9.66. The van der Waals surface area contributed by atoms with Gasteiger partial charge in [-0.2, -0.15) is 0 Å². The number of benzene rings is 3. The van der Waals surface area contributed by atoms with Crippen LogP contribution in [0.1, 0.15) is 22.4 Å². The first kappa shape index (κ1) is 22.6. The van der Waals surface area contributed by atoms with E-state index < -0.39 is 0 Å². The number of rotatable bonds is 7. The fourth-order valence-corrected chi connectivity index (χ4v) is 4.29. The van der Waals surface area contributed by atoms with Gasteiger partial charge in [0.1, 0.15) is 11.6 Å². The predicted octanol–water partition coefficient (Wildman–Crippen LogP) is 5.94. The standard InChI is InChI=1S/C29H22FN5O2/c1-36-23-11-2-18(3-12-23)15-32-29-35-34-28(37-29)21-5-4-19-8-13-24(25(19)14-21)27-17-31-16-26(33-27)20-6-9-22(30)10-7-20/h2-7,9-14,16-17H,8,15H2,1H3,(H,32,35). The largest absolute Gasteiger partial charge is 0.497 e. The highest BCUT2D eigenvalue weighted by molar-refractivity contribution is 5.85. The second-order valence-corrected chi connectivity index (χ2v) is 8.60. The van der Waals surface area contributed by atoms with E-state index in [-0.39, 0.29) is 5.82 Å². The third-order valence-electron chi connectivity index (χ3n) is 6.25. The molecule has 0 saturated heterocycles. The minimum absolute atomic E-state index is 0.284. The van der Waals surface area contributed by atoms with E-state index >= 15 is 0 Å². The molecule has 2 aromatic heterocycles. The lowest BCUT2D eigenvalue weighted by Crippen LogP contribution is -1.99. The van der Waals surface area contributed by atoms with Crippen LogP contribution >= 0.6 is 0 Å². The van der Waals surface area contributed by atoms with Crippen molar-refractivity contribution < 1.29 is 13.5 Å². The summed E-state index contributed by atoms with van der Waals surface area (Å²) in [6, 6.07) is 20.5. The molecule has 0 unspecified atom stereocenters. The van der Waals surface area contributed by atoms with Crippen molar-refractivity contribution in [2.75, 3.05) is 12.4 Å². The number of anilines is 1. The molecule has 6 rings (SSSR count). The zero-order valence-electron chi connectivity index (χ0n) is 20.0. The van der Waals surface area contributed by atoms with Crippen LogP contribution in [0.3, 0.4) is 0 Å². The highest BCUT2D eigenvalue weighted by Gasteiger charge is 2.20. The zero-order chi connectivity index (χ0) is 25.2. The van der Waals surface area contributed by atoms with E-state index in [2.05, 4.69) is 32.6 Å². The smallest absolute Gasteiger partial charge is 0.316 e. The van der Waals surface area contributed by atoms with Gasteiger partial charge in [-0.15, -0.1) is 5.10 Å². The number of hydrogen-bond donors (Lipinski definition) is 1. The summed E-state index contributed by atoms with van der Waals surface area (Å²) in [7, 11) is 1.64. The maximum atomic E-state index is 13.3. The molecule has 2 heterocycles. The number of halogens is 1. The first-order chi connectivity index (χ1) is 18.2. The summed E-state index contributed by atoms with van der Waals surface area (Å²) >= 11 is 0. The molecule has 1 aliphatic rings. The van der Waals surface area contributed by atoms with Gasteiger partial charge in [0.2, 0.25) is 5.89 Å². The number of nitrogens with one attached hydrogen (secondary N) is 1. The van der Waals surface area contributed by atoms with Gasteiger partial charge >= 0.3 is 6.01 Å². The van der Waals surface area contributed by atoms with E-state index in [9.17, 15) is 4.39 Å². The van der Waals surface area contributed by atoms with Crippen LogP contribution < -0.4 is 10.1 Å². The zero-order valence-corrected chi connectivity index (χ0v) is 20.0. The lowest BCUT2D eigenvalue weighted by molar-refractivity contribution is 0.414. The second-order valence-electron chi connectivity index (χ2n) is 8.60. The Labute approximate surface area is 212 Å². The summed E-state index contributed by atoms with van der Waals surface area (Å²) in [5.41, 5.74) is 7.36. The van der Waals surface area contributed by atoms with E-state index in [1.54, 1.807) is 31.6 Å². The molecule has 1 N–H and O–H groups in total. The first-order valence-corrected chi connectivity index (χ1v) is 11.8. The Balaban J connectivity index is 1.22. The van der Waals surface area contributed by atoms with Gasteiger partial charge in [-0.05, 0) is 71.6 Å². The average Bonchev–Trinajstić information content (AvgIpc) is 3.60. The highest BCUT2D eigenvalue weighted by atomic mass is 19.1. The molecule has 0 fully saturated rings. The van der Waals surface area contributed by atoms with Gasteiger partial charge in [-0.1, -0.05) is 29.4 Å². The van der Waals surface area contributed by atoms with Crippen LogP contribution in [-0.2, 0) is 13.0 Å². The van der Waals surface area contributed by atoms with Crippen molar-refractivity contribution >= 4 is 11.6 Å². The molecule has 0 radical (unpaired) electrons. The van der Waals surface area contributed by atoms with Gasteiger partial charge in [0.15, 0.2) is 0 Å². The quantitative estimate of drug-likeness (QED) is 0.301. The van der Waals surface area contributed by atoms with E-state index in [4.69, 9.17) is 14.1 Å². The molecule has 3 aromatic carbocycles. The Hall–Kier alpha value is -4.85. The molecule has 1 aliphatic carbocycles. The summed E-state index contributed by atoms with van der Waals surface area (Å²) in [6.45, 7) is 0.547. The monoisotopic (exact) mass is 491 g/mol. The average molecular weight is 492 g/mol. The number of hydrogen-bond acceptors (Lipinski definition) is 7. The van der Waals surface area contributed by atoms with Crippen molar-refractivity contribution in [2.45, 2.75) is 13.0 Å². The van der Waals surface area contributed by atoms with Gasteiger partial charge < -0.3 is 14.5 Å². The van der Waals surface area contributed by atoms with Gasteiger partial charge in [0.25, 0.3) is 0 Å². The summed E-state index contributed by atoms with van der Waals surface area (Å²) < 4.78 is 24.4. The Morgan fingerprint density at radius 1 is 0.919 bits per heavy atom. The molecule has 0 bridgehead atoms. The lowest BCUT2D eigenvalue weighted by atomic mass is 10.0. The molecule has 0 spiro atoms. The number of nitrogens with zero attached hydrogens (tertiary/aromatic N) is 4. The number of ether oxygens (including phenoxy) is 1. The lowest BCUT2D eigenvalue weighted by Gasteiger charge is -2.08. The van der Waals surface area contributed by atoms with Crippen LogP contribution in [0.4, 0.5) is 10.4 Å². The van der Waals surface area contributed by atoms with Crippen LogP contribution in [0, 0.1) is 5.82 Å². The molecule has 0 atom stereocenters.